The molecule has 1 rings (SSSR count). The van der Waals surface area contributed by atoms with Crippen LogP contribution in [-0.2, 0) is 9.53 Å². The Balaban J connectivity index is 2.17. The molecule has 0 aromatic rings. The van der Waals surface area contributed by atoms with Crippen LogP contribution in [0.4, 0.5) is 0 Å². The average molecular weight is 242 g/mol. The summed E-state index contributed by atoms with van der Waals surface area (Å²) in [5, 5.41) is 3.29. The number of hydrogen-bond acceptors (Lipinski definition) is 3. The molecule has 100 valence electrons. The van der Waals surface area contributed by atoms with Crippen molar-refractivity contribution in [1.82, 2.24) is 10.2 Å². The minimum Gasteiger partial charge on any atom is -0.385 e. The summed E-state index contributed by atoms with van der Waals surface area (Å²) in [6.07, 6.45) is 3.62. The molecule has 1 fully saturated rings. The van der Waals surface area contributed by atoms with E-state index in [-0.39, 0.29) is 11.9 Å². The number of ether oxygens (including phenoxy) is 1. The minimum atomic E-state index is 0.169. The smallest absolute Gasteiger partial charge is 0.236 e. The lowest BCUT2D eigenvalue weighted by Crippen LogP contribution is -2.40. The molecule has 0 aromatic carbocycles. The van der Waals surface area contributed by atoms with Crippen LogP contribution in [0.15, 0.2) is 0 Å². The van der Waals surface area contributed by atoms with E-state index in [1.807, 2.05) is 20.9 Å². The maximum absolute atomic E-state index is 11.7. The third kappa shape index (κ3) is 4.64. The van der Waals surface area contributed by atoms with Crippen LogP contribution in [-0.4, -0.2) is 50.7 Å². The van der Waals surface area contributed by atoms with E-state index in [1.165, 1.54) is 12.8 Å². The van der Waals surface area contributed by atoms with Crippen LogP contribution < -0.4 is 5.32 Å². The minimum absolute atomic E-state index is 0.169. The Morgan fingerprint density at radius 3 is 2.59 bits per heavy atom. The topological polar surface area (TPSA) is 41.6 Å². The van der Waals surface area contributed by atoms with Crippen molar-refractivity contribution in [3.63, 3.8) is 0 Å². The number of nitrogens with one attached hydrogen (secondary N) is 1. The maximum atomic E-state index is 11.7. The summed E-state index contributed by atoms with van der Waals surface area (Å²) in [5.74, 6) is 0.169. The summed E-state index contributed by atoms with van der Waals surface area (Å²) in [6, 6.07) is 0.271. The second kappa shape index (κ2) is 6.36. The lowest BCUT2D eigenvalue weighted by atomic mass is 10.0. The number of carbonyl (C=O) groups is 1. The highest BCUT2D eigenvalue weighted by molar-refractivity contribution is 5.78. The molecule has 1 amide bonds. The van der Waals surface area contributed by atoms with Crippen molar-refractivity contribution < 1.29 is 9.53 Å². The standard InChI is InChI=1S/C13H26N2O2/c1-11(2)15(3)12(16)9-14-10-13(5-6-13)7-8-17-4/h11,14H,5-10H2,1-4H3. The summed E-state index contributed by atoms with van der Waals surface area (Å²) in [5.41, 5.74) is 0.409. The first kappa shape index (κ1) is 14.5. The van der Waals surface area contributed by atoms with Gasteiger partial charge in [0.15, 0.2) is 0 Å². The Bertz CT molecular complexity index is 250. The first-order valence-corrected chi connectivity index (χ1v) is 6.46. The lowest BCUT2D eigenvalue weighted by molar-refractivity contribution is -0.130. The van der Waals surface area contributed by atoms with E-state index in [0.29, 0.717) is 12.0 Å². The van der Waals surface area contributed by atoms with Gasteiger partial charge in [-0.05, 0) is 38.5 Å². The van der Waals surface area contributed by atoms with Gasteiger partial charge >= 0.3 is 0 Å². The second-order valence-electron chi connectivity index (χ2n) is 5.44. The first-order chi connectivity index (χ1) is 8.01. The molecule has 0 aliphatic heterocycles. The fourth-order valence-corrected chi connectivity index (χ4v) is 1.86. The molecule has 0 radical (unpaired) electrons. The Hall–Kier alpha value is -0.610. The molecule has 4 heteroatoms. The van der Waals surface area contributed by atoms with Crippen LogP contribution in [0.5, 0.6) is 0 Å². The molecule has 1 N–H and O–H groups in total. The van der Waals surface area contributed by atoms with Crippen molar-refractivity contribution in [2.24, 2.45) is 5.41 Å². The third-order valence-corrected chi connectivity index (χ3v) is 3.74. The normalized spacial score (nSPS) is 17.2. The van der Waals surface area contributed by atoms with Crippen molar-refractivity contribution in [3.05, 3.63) is 0 Å². The third-order valence-electron chi connectivity index (χ3n) is 3.74. The molecule has 0 aromatic heterocycles. The molecule has 0 saturated heterocycles. The zero-order valence-electron chi connectivity index (χ0n) is 11.6. The number of hydrogen-bond donors (Lipinski definition) is 1. The quantitative estimate of drug-likeness (QED) is 0.697. The van der Waals surface area contributed by atoms with E-state index in [2.05, 4.69) is 5.32 Å². The van der Waals surface area contributed by atoms with E-state index in [1.54, 1.807) is 12.0 Å². The maximum Gasteiger partial charge on any atom is 0.236 e. The van der Waals surface area contributed by atoms with E-state index in [9.17, 15) is 4.79 Å². The van der Waals surface area contributed by atoms with Gasteiger partial charge in [-0.3, -0.25) is 4.79 Å². The Morgan fingerprint density at radius 1 is 1.47 bits per heavy atom. The highest BCUT2D eigenvalue weighted by atomic mass is 16.5. The van der Waals surface area contributed by atoms with Gasteiger partial charge in [0.1, 0.15) is 0 Å². The Labute approximate surface area is 105 Å². The molecule has 4 nitrogen and oxygen atoms in total. The van der Waals surface area contributed by atoms with E-state index >= 15 is 0 Å². The predicted octanol–water partition coefficient (Wildman–Crippen LogP) is 1.26. The van der Waals surface area contributed by atoms with Gasteiger partial charge < -0.3 is 15.0 Å². The monoisotopic (exact) mass is 242 g/mol. The zero-order chi connectivity index (χ0) is 12.9. The van der Waals surface area contributed by atoms with Crippen molar-refractivity contribution in [1.29, 1.82) is 0 Å². The van der Waals surface area contributed by atoms with Gasteiger partial charge in [0, 0.05) is 33.4 Å². The van der Waals surface area contributed by atoms with Gasteiger partial charge in [-0.2, -0.15) is 0 Å². The van der Waals surface area contributed by atoms with Gasteiger partial charge in [0.25, 0.3) is 0 Å². The van der Waals surface area contributed by atoms with Gasteiger partial charge in [-0.1, -0.05) is 0 Å². The fraction of sp³-hybridized carbons (Fsp3) is 0.923. The molecule has 17 heavy (non-hydrogen) atoms. The van der Waals surface area contributed by atoms with Crippen molar-refractivity contribution in [2.45, 2.75) is 39.2 Å². The van der Waals surface area contributed by atoms with E-state index in [4.69, 9.17) is 4.74 Å². The molecule has 0 bridgehead atoms. The summed E-state index contributed by atoms with van der Waals surface area (Å²) in [4.78, 5) is 13.5. The number of likely N-dealkylation sites (N-methyl/N-ethyl adjacent to an activating group) is 1. The van der Waals surface area contributed by atoms with Crippen LogP contribution in [0.3, 0.4) is 0 Å². The molecular weight excluding hydrogens is 216 g/mol. The lowest BCUT2D eigenvalue weighted by Gasteiger charge is -2.22. The van der Waals surface area contributed by atoms with Crippen LogP contribution in [0.25, 0.3) is 0 Å². The fourth-order valence-electron chi connectivity index (χ4n) is 1.86. The molecule has 0 spiro atoms. The predicted molar refractivity (Wildman–Crippen MR) is 68.9 cm³/mol. The largest absolute Gasteiger partial charge is 0.385 e. The second-order valence-corrected chi connectivity index (χ2v) is 5.44. The zero-order valence-corrected chi connectivity index (χ0v) is 11.6. The summed E-state index contributed by atoms with van der Waals surface area (Å²) in [6.45, 7) is 6.26. The highest BCUT2D eigenvalue weighted by Gasteiger charge is 2.41. The molecule has 1 aliphatic rings. The number of methoxy groups -OCH3 is 1. The number of nitrogens with zero attached hydrogens (tertiary/aromatic N) is 1. The highest BCUT2D eigenvalue weighted by Crippen LogP contribution is 2.48. The van der Waals surface area contributed by atoms with Crippen molar-refractivity contribution in [3.8, 4) is 0 Å². The van der Waals surface area contributed by atoms with Gasteiger partial charge in [-0.25, -0.2) is 0 Å². The SMILES string of the molecule is COCCC1(CNCC(=O)N(C)C(C)C)CC1. The molecule has 0 unspecified atom stereocenters. The van der Waals surface area contributed by atoms with Gasteiger partial charge in [0.05, 0.1) is 6.54 Å². The van der Waals surface area contributed by atoms with Crippen LogP contribution in [0.2, 0.25) is 0 Å². The van der Waals surface area contributed by atoms with Crippen molar-refractivity contribution >= 4 is 5.91 Å². The van der Waals surface area contributed by atoms with E-state index < -0.39 is 0 Å². The summed E-state index contributed by atoms with van der Waals surface area (Å²) >= 11 is 0. The van der Waals surface area contributed by atoms with Crippen LogP contribution in [0.1, 0.15) is 33.1 Å². The van der Waals surface area contributed by atoms with Crippen LogP contribution in [0, 0.1) is 5.41 Å². The van der Waals surface area contributed by atoms with Gasteiger partial charge in [-0.15, -0.1) is 0 Å². The van der Waals surface area contributed by atoms with Gasteiger partial charge in [0.2, 0.25) is 5.91 Å². The molecule has 0 atom stereocenters. The number of carbonyl (C=O) groups excluding carboxylic acids is 1. The first-order valence-electron chi connectivity index (χ1n) is 6.46. The molecular formula is C13H26N2O2. The number of amides is 1. The molecule has 1 saturated carbocycles. The average Bonchev–Trinajstić information content (AvgIpc) is 3.05. The Morgan fingerprint density at radius 2 is 2.12 bits per heavy atom. The molecule has 0 heterocycles. The van der Waals surface area contributed by atoms with Crippen LogP contribution >= 0.6 is 0 Å². The molecule has 1 aliphatic carbocycles. The Kier molecular flexibility index (Phi) is 5.40. The van der Waals surface area contributed by atoms with Crippen molar-refractivity contribution in [2.75, 3.05) is 33.9 Å². The van der Waals surface area contributed by atoms with E-state index in [0.717, 1.165) is 19.6 Å². The summed E-state index contributed by atoms with van der Waals surface area (Å²) < 4.78 is 5.11. The number of rotatable bonds is 8. The summed E-state index contributed by atoms with van der Waals surface area (Å²) in [7, 11) is 3.59.